The van der Waals surface area contributed by atoms with Crippen LogP contribution < -0.4 is 19.5 Å². The fourth-order valence-electron chi connectivity index (χ4n) is 4.49. The number of hydrogen-bond donors (Lipinski definition) is 1. The van der Waals surface area contributed by atoms with Gasteiger partial charge in [0.05, 0.1) is 32.8 Å². The molecule has 0 saturated carbocycles. The van der Waals surface area contributed by atoms with Crippen molar-refractivity contribution in [3.8, 4) is 17.2 Å². The second-order valence-electron chi connectivity index (χ2n) is 9.57. The molecule has 224 valence electrons. The Balaban J connectivity index is 1.76. The van der Waals surface area contributed by atoms with Crippen LogP contribution in [0.5, 0.6) is 17.2 Å². The number of methoxy groups -OCH3 is 3. The number of ether oxygens (including phenoxy) is 3. The maximum atomic E-state index is 14.9. The van der Waals surface area contributed by atoms with Crippen molar-refractivity contribution >= 4 is 29.3 Å². The van der Waals surface area contributed by atoms with Gasteiger partial charge in [0, 0.05) is 29.6 Å². The first-order valence-corrected chi connectivity index (χ1v) is 14.4. The Hall–Kier alpha value is -4.64. The fraction of sp³-hybridized carbons (Fsp3) is 0.250. The van der Waals surface area contributed by atoms with E-state index in [-0.39, 0.29) is 17.9 Å². The van der Waals surface area contributed by atoms with E-state index >= 15 is 0 Å². The van der Waals surface area contributed by atoms with Gasteiger partial charge in [0.2, 0.25) is 5.91 Å². The molecule has 11 heteroatoms. The molecule has 0 fully saturated rings. The minimum Gasteiger partial charge on any atom is -0.497 e. The third-order valence-corrected chi connectivity index (χ3v) is 7.37. The lowest BCUT2D eigenvalue weighted by Crippen LogP contribution is -2.42. The number of carbonyl (C=O) groups excluding carboxylic acids is 2. The zero-order valence-corrected chi connectivity index (χ0v) is 25.4. The number of aromatic nitrogens is 2. The maximum absolute atomic E-state index is 14.9. The van der Waals surface area contributed by atoms with Gasteiger partial charge in [-0.05, 0) is 55.8 Å². The van der Waals surface area contributed by atoms with E-state index in [1.54, 1.807) is 60.7 Å². The van der Waals surface area contributed by atoms with E-state index in [4.69, 9.17) is 14.2 Å². The molecule has 1 aromatic heterocycles. The van der Waals surface area contributed by atoms with Crippen molar-refractivity contribution in [1.29, 1.82) is 0 Å². The predicted octanol–water partition coefficient (Wildman–Crippen LogP) is 5.76. The van der Waals surface area contributed by atoms with Gasteiger partial charge >= 0.3 is 0 Å². The Morgan fingerprint density at radius 2 is 1.58 bits per heavy atom. The molecule has 1 heterocycles. The third kappa shape index (κ3) is 8.01. The molecule has 0 bridgehead atoms. The van der Waals surface area contributed by atoms with Gasteiger partial charge in [-0.25, -0.2) is 14.4 Å². The quantitative estimate of drug-likeness (QED) is 0.161. The van der Waals surface area contributed by atoms with Crippen molar-refractivity contribution < 1.29 is 28.2 Å². The van der Waals surface area contributed by atoms with Gasteiger partial charge in [-0.1, -0.05) is 42.1 Å². The Morgan fingerprint density at radius 3 is 2.26 bits per heavy atom. The summed E-state index contributed by atoms with van der Waals surface area (Å²) in [6, 6.07) is 18.7. The number of aryl methyl sites for hydroxylation is 2. The average Bonchev–Trinajstić information content (AvgIpc) is 3.00. The normalized spacial score (nSPS) is 11.4. The topological polar surface area (TPSA) is 103 Å². The standard InChI is InChI=1S/C32H33FN4O5S/c1-20-15-21(2)35-32(34-20)43-19-29(38)37(18-23-9-6-7-12-26(23)33)30(22-10-8-11-24(16-22)40-3)31(39)36-27-14-13-25(41-4)17-28(27)42-5/h6-17,30H,18-19H2,1-5H3,(H,36,39). The predicted molar refractivity (Wildman–Crippen MR) is 163 cm³/mol. The van der Waals surface area contributed by atoms with Crippen LogP contribution in [0.1, 0.15) is 28.6 Å². The Morgan fingerprint density at radius 1 is 0.884 bits per heavy atom. The molecular formula is C32H33FN4O5S. The summed E-state index contributed by atoms with van der Waals surface area (Å²) >= 11 is 1.15. The summed E-state index contributed by atoms with van der Waals surface area (Å²) in [6.45, 7) is 3.53. The number of benzene rings is 3. The molecule has 0 radical (unpaired) electrons. The van der Waals surface area contributed by atoms with Crippen molar-refractivity contribution in [3.63, 3.8) is 0 Å². The largest absolute Gasteiger partial charge is 0.497 e. The third-order valence-electron chi connectivity index (χ3n) is 6.54. The van der Waals surface area contributed by atoms with Crippen LogP contribution in [-0.4, -0.2) is 53.8 Å². The highest BCUT2D eigenvalue weighted by Crippen LogP contribution is 2.33. The second kappa shape index (κ2) is 14.5. The maximum Gasteiger partial charge on any atom is 0.251 e. The van der Waals surface area contributed by atoms with Crippen molar-refractivity contribution in [3.05, 3.63) is 101 Å². The van der Waals surface area contributed by atoms with Gasteiger partial charge in [-0.15, -0.1) is 0 Å². The molecule has 1 N–H and O–H groups in total. The molecule has 4 rings (SSSR count). The van der Waals surface area contributed by atoms with E-state index in [0.717, 1.165) is 23.1 Å². The van der Waals surface area contributed by atoms with Gasteiger partial charge in [0.1, 0.15) is 29.1 Å². The molecule has 0 saturated heterocycles. The van der Waals surface area contributed by atoms with Crippen LogP contribution in [0.2, 0.25) is 0 Å². The Kier molecular flexibility index (Phi) is 10.6. The Bertz CT molecular complexity index is 1580. The number of hydrogen-bond acceptors (Lipinski definition) is 8. The first kappa shape index (κ1) is 31.3. The smallest absolute Gasteiger partial charge is 0.251 e. The SMILES string of the molecule is COc1cccc(C(C(=O)Nc2ccc(OC)cc2OC)N(Cc2ccccc2F)C(=O)CSc2nc(C)cc(C)n2)c1. The minimum absolute atomic E-state index is 0.0864. The van der Waals surface area contributed by atoms with Crippen molar-refractivity contribution in [2.75, 3.05) is 32.4 Å². The van der Waals surface area contributed by atoms with Gasteiger partial charge in [0.15, 0.2) is 5.16 Å². The van der Waals surface area contributed by atoms with Crippen LogP contribution in [0.15, 0.2) is 78.0 Å². The zero-order chi connectivity index (χ0) is 30.9. The summed E-state index contributed by atoms with van der Waals surface area (Å²) < 4.78 is 31.1. The van der Waals surface area contributed by atoms with E-state index < -0.39 is 23.7 Å². The summed E-state index contributed by atoms with van der Waals surface area (Å²) in [5, 5.41) is 3.33. The van der Waals surface area contributed by atoms with Gasteiger partial charge < -0.3 is 24.4 Å². The molecule has 1 atom stereocenters. The van der Waals surface area contributed by atoms with Crippen LogP contribution in [0.25, 0.3) is 0 Å². The van der Waals surface area contributed by atoms with E-state index in [1.807, 2.05) is 19.9 Å². The molecule has 1 unspecified atom stereocenters. The number of halogens is 1. The zero-order valence-electron chi connectivity index (χ0n) is 24.6. The van der Waals surface area contributed by atoms with E-state index in [2.05, 4.69) is 15.3 Å². The molecular weight excluding hydrogens is 571 g/mol. The lowest BCUT2D eigenvalue weighted by Gasteiger charge is -2.32. The summed E-state index contributed by atoms with van der Waals surface area (Å²) in [6.07, 6.45) is 0. The van der Waals surface area contributed by atoms with Crippen molar-refractivity contribution in [2.45, 2.75) is 31.6 Å². The molecule has 43 heavy (non-hydrogen) atoms. The van der Waals surface area contributed by atoms with Gasteiger partial charge in [0.25, 0.3) is 5.91 Å². The highest BCUT2D eigenvalue weighted by molar-refractivity contribution is 7.99. The van der Waals surface area contributed by atoms with Crippen LogP contribution in [0, 0.1) is 19.7 Å². The van der Waals surface area contributed by atoms with Crippen LogP contribution in [0.3, 0.4) is 0 Å². The second-order valence-corrected chi connectivity index (χ2v) is 10.5. The highest BCUT2D eigenvalue weighted by atomic mass is 32.2. The van der Waals surface area contributed by atoms with Crippen LogP contribution in [-0.2, 0) is 16.1 Å². The van der Waals surface area contributed by atoms with Crippen LogP contribution >= 0.6 is 11.8 Å². The lowest BCUT2D eigenvalue weighted by molar-refractivity contribution is -0.137. The highest BCUT2D eigenvalue weighted by Gasteiger charge is 2.33. The van der Waals surface area contributed by atoms with Gasteiger partial charge in [-0.2, -0.15) is 0 Å². The number of thioether (sulfide) groups is 1. The molecule has 2 amide bonds. The monoisotopic (exact) mass is 604 g/mol. The summed E-state index contributed by atoms with van der Waals surface area (Å²) in [4.78, 5) is 38.4. The molecule has 0 aliphatic carbocycles. The minimum atomic E-state index is -1.17. The number of nitrogens with one attached hydrogen (secondary N) is 1. The average molecular weight is 605 g/mol. The number of nitrogens with zero attached hydrogens (tertiary/aromatic N) is 3. The molecule has 4 aromatic rings. The van der Waals surface area contributed by atoms with Crippen LogP contribution in [0.4, 0.5) is 10.1 Å². The number of amides is 2. The molecule has 9 nitrogen and oxygen atoms in total. The number of anilines is 1. The summed E-state index contributed by atoms with van der Waals surface area (Å²) in [7, 11) is 4.52. The summed E-state index contributed by atoms with van der Waals surface area (Å²) in [5.74, 6) is -0.125. The van der Waals surface area contributed by atoms with E-state index in [1.165, 1.54) is 32.3 Å². The van der Waals surface area contributed by atoms with Crippen molar-refractivity contribution in [1.82, 2.24) is 14.9 Å². The molecule has 3 aromatic carbocycles. The molecule has 0 aliphatic heterocycles. The first-order chi connectivity index (χ1) is 20.7. The number of carbonyl (C=O) groups is 2. The molecule has 0 spiro atoms. The fourth-order valence-corrected chi connectivity index (χ4v) is 5.32. The van der Waals surface area contributed by atoms with E-state index in [0.29, 0.717) is 33.7 Å². The first-order valence-electron chi connectivity index (χ1n) is 13.4. The lowest BCUT2D eigenvalue weighted by atomic mass is 10.0. The van der Waals surface area contributed by atoms with E-state index in [9.17, 15) is 14.0 Å². The molecule has 0 aliphatic rings. The Labute approximate surface area is 254 Å². The van der Waals surface area contributed by atoms with Gasteiger partial charge in [-0.3, -0.25) is 9.59 Å². The van der Waals surface area contributed by atoms with Crippen molar-refractivity contribution in [2.24, 2.45) is 0 Å². The summed E-state index contributed by atoms with van der Waals surface area (Å²) in [5.41, 5.74) is 2.64. The number of rotatable bonds is 12.